The molecule has 1 aliphatic heterocycles. The molecule has 1 aromatic heterocycles. The van der Waals surface area contributed by atoms with E-state index in [1.165, 1.54) is 38.3 Å². The Labute approximate surface area is 150 Å². The molecule has 2 aromatic carbocycles. The molecule has 2 unspecified atom stereocenters. The van der Waals surface area contributed by atoms with E-state index in [1.54, 1.807) is 21.4 Å². The van der Waals surface area contributed by atoms with E-state index in [9.17, 15) is 0 Å². The molecule has 118 valence electrons. The topological polar surface area (TPSA) is 0 Å². The molecule has 3 aromatic rings. The third-order valence-corrected chi connectivity index (χ3v) is 8.72. The van der Waals surface area contributed by atoms with E-state index in [1.807, 2.05) is 11.3 Å². The Balaban J connectivity index is 1.67. The van der Waals surface area contributed by atoms with Gasteiger partial charge in [-0.05, 0) is 51.3 Å². The van der Waals surface area contributed by atoms with Crippen LogP contribution in [0.3, 0.4) is 0 Å². The van der Waals surface area contributed by atoms with Gasteiger partial charge in [-0.25, -0.2) is 0 Å². The van der Waals surface area contributed by atoms with Crippen molar-refractivity contribution in [3.63, 3.8) is 0 Å². The van der Waals surface area contributed by atoms with Crippen LogP contribution < -0.4 is 0 Å². The minimum absolute atomic E-state index is 0.592. The van der Waals surface area contributed by atoms with Gasteiger partial charge in [0.15, 0.2) is 0 Å². The summed E-state index contributed by atoms with van der Waals surface area (Å²) in [7, 11) is 0. The summed E-state index contributed by atoms with van der Waals surface area (Å²) in [5.74, 6) is 0.592. The predicted molar refractivity (Wildman–Crippen MR) is 107 cm³/mol. The molecule has 2 atom stereocenters. The fourth-order valence-corrected chi connectivity index (χ4v) is 7.32. The first-order valence-corrected chi connectivity index (χ1v) is 10.6. The summed E-state index contributed by atoms with van der Waals surface area (Å²) in [5.41, 5.74) is 7.57. The summed E-state index contributed by atoms with van der Waals surface area (Å²) in [4.78, 5) is 4.57. The normalized spacial score (nSPS) is 22.2. The molecule has 0 N–H and O–H groups in total. The van der Waals surface area contributed by atoms with Gasteiger partial charge in [0.05, 0.1) is 0 Å². The molecule has 0 nitrogen and oxygen atoms in total. The summed E-state index contributed by atoms with van der Waals surface area (Å²) >= 11 is 4.09. The van der Waals surface area contributed by atoms with Crippen LogP contribution in [-0.2, 0) is 6.42 Å². The second kappa shape index (κ2) is 4.56. The van der Waals surface area contributed by atoms with E-state index >= 15 is 0 Å². The molecule has 0 spiro atoms. The third kappa shape index (κ3) is 1.48. The zero-order valence-corrected chi connectivity index (χ0v) is 15.5. The lowest BCUT2D eigenvalue weighted by Crippen LogP contribution is -1.92. The van der Waals surface area contributed by atoms with Gasteiger partial charge in [0.1, 0.15) is 0 Å². The maximum absolute atomic E-state index is 2.53. The highest BCUT2D eigenvalue weighted by atomic mass is 32.2. The largest absolute Gasteiger partial charge is 0.140 e. The maximum Gasteiger partial charge on any atom is 0.0451 e. The number of allylic oxidation sites excluding steroid dienone is 2. The van der Waals surface area contributed by atoms with Crippen molar-refractivity contribution in [1.29, 1.82) is 0 Å². The van der Waals surface area contributed by atoms with Crippen LogP contribution >= 0.6 is 23.1 Å². The van der Waals surface area contributed by atoms with Gasteiger partial charge in [-0.15, -0.1) is 23.1 Å². The van der Waals surface area contributed by atoms with Gasteiger partial charge in [0.2, 0.25) is 0 Å². The van der Waals surface area contributed by atoms with Crippen LogP contribution in [0, 0.1) is 0 Å². The van der Waals surface area contributed by atoms with E-state index in [4.69, 9.17) is 0 Å². The molecule has 3 aliphatic rings. The Kier molecular flexibility index (Phi) is 2.61. The molecule has 0 fully saturated rings. The van der Waals surface area contributed by atoms with Gasteiger partial charge in [-0.3, -0.25) is 0 Å². The van der Waals surface area contributed by atoms with E-state index in [0.717, 1.165) is 6.42 Å². The molecule has 2 aliphatic carbocycles. The van der Waals surface area contributed by atoms with Gasteiger partial charge in [-0.1, -0.05) is 44.2 Å². The fraction of sp³-hybridized carbons (Fsp3) is 0.273. The summed E-state index contributed by atoms with van der Waals surface area (Å²) in [6.07, 6.45) is 4.84. The first-order valence-electron chi connectivity index (χ1n) is 8.90. The number of rotatable bonds is 2. The average molecular weight is 347 g/mol. The average Bonchev–Trinajstić information content (AvgIpc) is 3.32. The van der Waals surface area contributed by atoms with Crippen molar-refractivity contribution in [2.24, 2.45) is 0 Å². The summed E-state index contributed by atoms with van der Waals surface area (Å²) in [6.45, 7) is 4.54. The summed E-state index contributed by atoms with van der Waals surface area (Å²) < 4.78 is 0. The Hall–Kier alpha value is -1.51. The highest BCUT2D eigenvalue weighted by molar-refractivity contribution is 8.03. The van der Waals surface area contributed by atoms with Crippen molar-refractivity contribution in [1.82, 2.24) is 0 Å². The highest BCUT2D eigenvalue weighted by Crippen LogP contribution is 2.63. The molecule has 0 saturated carbocycles. The van der Waals surface area contributed by atoms with Gasteiger partial charge in [0, 0.05) is 32.0 Å². The third-order valence-electron chi connectivity index (χ3n) is 5.88. The molecular formula is C22H18S2. The zero-order chi connectivity index (χ0) is 16.0. The maximum atomic E-state index is 2.53. The lowest BCUT2D eigenvalue weighted by Gasteiger charge is -2.10. The van der Waals surface area contributed by atoms with Crippen LogP contribution in [0.5, 0.6) is 0 Å². The molecule has 2 heteroatoms. The van der Waals surface area contributed by atoms with Crippen molar-refractivity contribution < 1.29 is 0 Å². The van der Waals surface area contributed by atoms with Gasteiger partial charge >= 0.3 is 0 Å². The van der Waals surface area contributed by atoms with Crippen molar-refractivity contribution >= 4 is 33.9 Å². The number of aryl methyl sites for hydroxylation is 1. The molecule has 6 rings (SSSR count). The standard InChI is InChI=1S/C22H18S2/c1-3-11-9-17-13-5-8-16-20-14(18-10-12(4-2)24-22(16)18)6-7-15(19(13)20)21(17)23-11/h5-10,17,21H,3-4H2,1-2H3. The van der Waals surface area contributed by atoms with Crippen molar-refractivity contribution in [2.45, 2.75) is 37.9 Å². The van der Waals surface area contributed by atoms with E-state index in [-0.39, 0.29) is 0 Å². The summed E-state index contributed by atoms with van der Waals surface area (Å²) in [6, 6.07) is 12.1. The van der Waals surface area contributed by atoms with Crippen LogP contribution in [0.25, 0.3) is 32.3 Å². The van der Waals surface area contributed by atoms with Gasteiger partial charge in [-0.2, -0.15) is 0 Å². The second-order valence-corrected chi connectivity index (χ2v) is 9.42. The van der Waals surface area contributed by atoms with E-state index < -0.39 is 0 Å². The smallest absolute Gasteiger partial charge is 0.0451 e. The first-order chi connectivity index (χ1) is 11.8. The number of hydrogen-bond donors (Lipinski definition) is 0. The van der Waals surface area contributed by atoms with Crippen LogP contribution in [0.15, 0.2) is 41.3 Å². The molecular weight excluding hydrogens is 328 g/mol. The molecule has 0 radical (unpaired) electrons. The van der Waals surface area contributed by atoms with Crippen LogP contribution in [0.2, 0.25) is 0 Å². The van der Waals surface area contributed by atoms with Crippen LogP contribution in [-0.4, -0.2) is 0 Å². The zero-order valence-electron chi connectivity index (χ0n) is 13.8. The number of thiophene rings is 1. The Morgan fingerprint density at radius 3 is 2.54 bits per heavy atom. The quantitative estimate of drug-likeness (QED) is 0.367. The molecule has 2 heterocycles. The number of fused-ring (bicyclic) bond motifs is 6. The van der Waals surface area contributed by atoms with Gasteiger partial charge < -0.3 is 0 Å². The van der Waals surface area contributed by atoms with Crippen LogP contribution in [0.1, 0.15) is 47.4 Å². The lowest BCUT2D eigenvalue weighted by atomic mass is 9.96. The summed E-state index contributed by atoms with van der Waals surface area (Å²) in [5, 5.41) is 3.72. The Morgan fingerprint density at radius 1 is 0.875 bits per heavy atom. The van der Waals surface area contributed by atoms with Crippen LogP contribution in [0.4, 0.5) is 0 Å². The highest BCUT2D eigenvalue weighted by Gasteiger charge is 2.40. The Bertz CT molecular complexity index is 1040. The molecule has 0 saturated heterocycles. The van der Waals surface area contributed by atoms with Crippen molar-refractivity contribution in [3.05, 3.63) is 57.3 Å². The minimum atomic E-state index is 0.592. The number of thioether (sulfide) groups is 1. The molecule has 24 heavy (non-hydrogen) atoms. The monoisotopic (exact) mass is 346 g/mol. The number of benzene rings is 2. The van der Waals surface area contributed by atoms with E-state index in [0.29, 0.717) is 11.2 Å². The SMILES string of the molecule is CCC1=CC2c3ccc4c5c(ccc(c35)C2S1)-c1cc(CC)sc1-4. The number of hydrogen-bond acceptors (Lipinski definition) is 2. The van der Waals surface area contributed by atoms with Gasteiger partial charge in [0.25, 0.3) is 0 Å². The Morgan fingerprint density at radius 2 is 1.71 bits per heavy atom. The van der Waals surface area contributed by atoms with Crippen molar-refractivity contribution in [3.8, 4) is 21.6 Å². The lowest BCUT2D eigenvalue weighted by molar-refractivity contribution is 0.875. The first kappa shape index (κ1) is 13.7. The molecule has 0 amide bonds. The fourth-order valence-electron chi connectivity index (χ4n) is 4.77. The minimum Gasteiger partial charge on any atom is -0.140 e. The second-order valence-electron chi connectivity index (χ2n) is 7.01. The van der Waals surface area contributed by atoms with Crippen molar-refractivity contribution in [2.75, 3.05) is 0 Å². The molecule has 0 bridgehead atoms. The van der Waals surface area contributed by atoms with E-state index in [2.05, 4.69) is 62.0 Å². The predicted octanol–water partition coefficient (Wildman–Crippen LogP) is 7.29.